The minimum atomic E-state index is -0.712. The van der Waals surface area contributed by atoms with Gasteiger partial charge < -0.3 is 5.73 Å². The van der Waals surface area contributed by atoms with Crippen LogP contribution in [0.1, 0.15) is 30.1 Å². The summed E-state index contributed by atoms with van der Waals surface area (Å²) in [7, 11) is 0. The van der Waals surface area contributed by atoms with Crippen LogP contribution in [0.4, 0.5) is 10.1 Å². The van der Waals surface area contributed by atoms with Crippen molar-refractivity contribution in [3.05, 3.63) is 28.5 Å². The maximum atomic E-state index is 13.4. The summed E-state index contributed by atoms with van der Waals surface area (Å²) in [5.41, 5.74) is 5.20. The van der Waals surface area contributed by atoms with Crippen molar-refractivity contribution in [2.75, 3.05) is 5.73 Å². The van der Waals surface area contributed by atoms with Crippen LogP contribution in [0.3, 0.4) is 0 Å². The van der Waals surface area contributed by atoms with Gasteiger partial charge in [-0.15, -0.1) is 0 Å². The molecule has 0 radical (unpaired) electrons. The SMILES string of the molecule is CCCC(=O)c1c(Cl)ccc(N)c1F. The van der Waals surface area contributed by atoms with Crippen molar-refractivity contribution in [1.29, 1.82) is 0 Å². The van der Waals surface area contributed by atoms with Gasteiger partial charge in [0.2, 0.25) is 0 Å². The number of hydrogen-bond donors (Lipinski definition) is 1. The van der Waals surface area contributed by atoms with Gasteiger partial charge in [0.15, 0.2) is 11.6 Å². The van der Waals surface area contributed by atoms with Crippen molar-refractivity contribution in [2.24, 2.45) is 0 Å². The fraction of sp³-hybridized carbons (Fsp3) is 0.300. The topological polar surface area (TPSA) is 43.1 Å². The van der Waals surface area contributed by atoms with Gasteiger partial charge in [0.05, 0.1) is 16.3 Å². The van der Waals surface area contributed by atoms with Gasteiger partial charge in [-0.05, 0) is 18.6 Å². The molecule has 0 amide bonds. The summed E-state index contributed by atoms with van der Waals surface area (Å²) in [6.07, 6.45) is 0.934. The lowest BCUT2D eigenvalue weighted by molar-refractivity contribution is 0.0978. The van der Waals surface area contributed by atoms with E-state index in [1.54, 1.807) is 0 Å². The number of carbonyl (C=O) groups excluding carboxylic acids is 1. The van der Waals surface area contributed by atoms with Gasteiger partial charge in [0.25, 0.3) is 0 Å². The van der Waals surface area contributed by atoms with Gasteiger partial charge >= 0.3 is 0 Å². The smallest absolute Gasteiger partial charge is 0.167 e. The van der Waals surface area contributed by atoms with Crippen molar-refractivity contribution >= 4 is 23.1 Å². The Morgan fingerprint density at radius 3 is 2.79 bits per heavy atom. The van der Waals surface area contributed by atoms with Gasteiger partial charge in [-0.25, -0.2) is 4.39 Å². The average Bonchev–Trinajstić information content (AvgIpc) is 2.13. The van der Waals surface area contributed by atoms with Crippen LogP contribution in [0.5, 0.6) is 0 Å². The van der Waals surface area contributed by atoms with E-state index in [-0.39, 0.29) is 28.5 Å². The molecule has 0 aliphatic carbocycles. The Morgan fingerprint density at radius 1 is 1.57 bits per heavy atom. The predicted octanol–water partition coefficient (Wildman–Crippen LogP) is 3.04. The van der Waals surface area contributed by atoms with Gasteiger partial charge in [0.1, 0.15) is 0 Å². The summed E-state index contributed by atoms with van der Waals surface area (Å²) in [5.74, 6) is -1.02. The Kier molecular flexibility index (Phi) is 3.47. The van der Waals surface area contributed by atoms with E-state index in [0.29, 0.717) is 6.42 Å². The van der Waals surface area contributed by atoms with E-state index in [4.69, 9.17) is 17.3 Å². The number of hydrogen-bond acceptors (Lipinski definition) is 2. The number of nitrogen functional groups attached to an aromatic ring is 1. The van der Waals surface area contributed by atoms with Crippen molar-refractivity contribution in [2.45, 2.75) is 19.8 Å². The van der Waals surface area contributed by atoms with E-state index >= 15 is 0 Å². The molecule has 1 rings (SSSR count). The van der Waals surface area contributed by atoms with Gasteiger partial charge in [-0.1, -0.05) is 18.5 Å². The van der Waals surface area contributed by atoms with E-state index in [0.717, 1.165) is 0 Å². The maximum Gasteiger partial charge on any atom is 0.167 e. The Balaban J connectivity index is 3.18. The zero-order valence-electron chi connectivity index (χ0n) is 7.81. The molecule has 76 valence electrons. The highest BCUT2D eigenvalue weighted by Gasteiger charge is 2.16. The van der Waals surface area contributed by atoms with Crippen molar-refractivity contribution < 1.29 is 9.18 Å². The van der Waals surface area contributed by atoms with Crippen molar-refractivity contribution in [1.82, 2.24) is 0 Å². The molecule has 1 aromatic carbocycles. The van der Waals surface area contributed by atoms with Crippen molar-refractivity contribution in [3.63, 3.8) is 0 Å². The molecular formula is C10H11ClFNO. The molecule has 0 heterocycles. The second-order valence-electron chi connectivity index (χ2n) is 3.00. The van der Waals surface area contributed by atoms with E-state index in [1.807, 2.05) is 6.92 Å². The third-order valence-corrected chi connectivity index (χ3v) is 2.19. The highest BCUT2D eigenvalue weighted by Crippen LogP contribution is 2.25. The third kappa shape index (κ3) is 2.04. The number of nitrogens with two attached hydrogens (primary N) is 1. The molecule has 2 N–H and O–H groups in total. The third-order valence-electron chi connectivity index (χ3n) is 1.88. The summed E-state index contributed by atoms with van der Waals surface area (Å²) < 4.78 is 13.4. The van der Waals surface area contributed by atoms with Crippen LogP contribution < -0.4 is 5.73 Å². The molecule has 14 heavy (non-hydrogen) atoms. The monoisotopic (exact) mass is 215 g/mol. The molecule has 0 bridgehead atoms. The summed E-state index contributed by atoms with van der Waals surface area (Å²) >= 11 is 5.72. The fourth-order valence-corrected chi connectivity index (χ4v) is 1.43. The van der Waals surface area contributed by atoms with Crippen LogP contribution in [-0.4, -0.2) is 5.78 Å². The van der Waals surface area contributed by atoms with E-state index < -0.39 is 5.82 Å². The highest BCUT2D eigenvalue weighted by molar-refractivity contribution is 6.34. The van der Waals surface area contributed by atoms with E-state index in [9.17, 15) is 9.18 Å². The number of anilines is 1. The molecule has 0 fully saturated rings. The normalized spacial score (nSPS) is 10.2. The first-order valence-electron chi connectivity index (χ1n) is 4.34. The largest absolute Gasteiger partial charge is 0.396 e. The minimum Gasteiger partial charge on any atom is -0.396 e. The predicted molar refractivity (Wildman–Crippen MR) is 55.1 cm³/mol. The van der Waals surface area contributed by atoms with Gasteiger partial charge in [0, 0.05) is 6.42 Å². The van der Waals surface area contributed by atoms with Crippen LogP contribution in [0.2, 0.25) is 5.02 Å². The molecule has 0 aliphatic rings. The van der Waals surface area contributed by atoms with Crippen LogP contribution >= 0.6 is 11.6 Å². The van der Waals surface area contributed by atoms with E-state index in [1.165, 1.54) is 12.1 Å². The first-order chi connectivity index (χ1) is 6.57. The number of benzene rings is 1. The summed E-state index contributed by atoms with van der Waals surface area (Å²) in [6.45, 7) is 1.84. The number of ketones is 1. The van der Waals surface area contributed by atoms with Gasteiger partial charge in [-0.3, -0.25) is 4.79 Å². The molecule has 0 saturated carbocycles. The van der Waals surface area contributed by atoms with Crippen molar-refractivity contribution in [3.8, 4) is 0 Å². The average molecular weight is 216 g/mol. The van der Waals surface area contributed by atoms with Crippen LogP contribution in [0, 0.1) is 5.82 Å². The summed E-state index contributed by atoms with van der Waals surface area (Å²) in [5, 5.41) is 0.121. The molecular weight excluding hydrogens is 205 g/mol. The first-order valence-corrected chi connectivity index (χ1v) is 4.72. The maximum absolute atomic E-state index is 13.4. The Bertz CT molecular complexity index is 365. The summed E-state index contributed by atoms with van der Waals surface area (Å²) in [4.78, 5) is 11.5. The lowest BCUT2D eigenvalue weighted by Gasteiger charge is -2.05. The number of rotatable bonds is 3. The number of halogens is 2. The van der Waals surface area contributed by atoms with Crippen LogP contribution in [-0.2, 0) is 0 Å². The highest BCUT2D eigenvalue weighted by atomic mass is 35.5. The van der Waals surface area contributed by atoms with E-state index in [2.05, 4.69) is 0 Å². The molecule has 0 aromatic heterocycles. The minimum absolute atomic E-state index is 0.0474. The fourth-order valence-electron chi connectivity index (χ4n) is 1.18. The molecule has 0 unspecified atom stereocenters. The van der Waals surface area contributed by atoms with Crippen LogP contribution in [0.25, 0.3) is 0 Å². The number of Topliss-reactive ketones (excluding diaryl/α,β-unsaturated/α-hetero) is 1. The second-order valence-corrected chi connectivity index (χ2v) is 3.41. The zero-order valence-corrected chi connectivity index (χ0v) is 8.57. The summed E-state index contributed by atoms with van der Waals surface area (Å²) in [6, 6.07) is 2.78. The molecule has 0 saturated heterocycles. The first kappa shape index (κ1) is 11.0. The lowest BCUT2D eigenvalue weighted by atomic mass is 10.1. The zero-order chi connectivity index (χ0) is 10.7. The molecule has 0 spiro atoms. The Hall–Kier alpha value is -1.09. The molecule has 0 atom stereocenters. The molecule has 0 aliphatic heterocycles. The molecule has 1 aromatic rings. The Morgan fingerprint density at radius 2 is 2.21 bits per heavy atom. The Labute approximate surface area is 86.9 Å². The van der Waals surface area contributed by atoms with Gasteiger partial charge in [-0.2, -0.15) is 0 Å². The lowest BCUT2D eigenvalue weighted by Crippen LogP contribution is -2.05. The van der Waals surface area contributed by atoms with Crippen LogP contribution in [0.15, 0.2) is 12.1 Å². The standard InChI is InChI=1S/C10H11ClFNO/c1-2-3-8(14)9-6(11)4-5-7(13)10(9)12/h4-5H,2-3,13H2,1H3. The quantitative estimate of drug-likeness (QED) is 0.622. The number of carbonyl (C=O) groups is 1. The molecule has 4 heteroatoms. The second kappa shape index (κ2) is 4.42. The molecule has 2 nitrogen and oxygen atoms in total.